The van der Waals surface area contributed by atoms with Crippen molar-refractivity contribution in [2.45, 2.75) is 13.3 Å². The van der Waals surface area contributed by atoms with Crippen molar-refractivity contribution < 1.29 is 9.90 Å². The van der Waals surface area contributed by atoms with Gasteiger partial charge in [-0.3, -0.25) is 0 Å². The van der Waals surface area contributed by atoms with Gasteiger partial charge in [-0.25, -0.2) is 9.78 Å². The van der Waals surface area contributed by atoms with Crippen LogP contribution in [-0.4, -0.2) is 16.1 Å². The van der Waals surface area contributed by atoms with Gasteiger partial charge in [0.15, 0.2) is 0 Å². The molecule has 0 unspecified atom stereocenters. The number of aryl methyl sites for hydroxylation is 1. The van der Waals surface area contributed by atoms with Gasteiger partial charge < -0.3 is 5.11 Å². The fraction of sp³-hybridized carbons (Fsp3) is 0.167. The molecule has 6 heteroatoms. The molecule has 0 saturated heterocycles. The Hall–Kier alpha value is -0.910. The average Bonchev–Trinajstić information content (AvgIpc) is 2.77. The second-order valence-electron chi connectivity index (χ2n) is 3.58. The number of aromatic nitrogens is 1. The second kappa shape index (κ2) is 5.38. The summed E-state index contributed by atoms with van der Waals surface area (Å²) in [5, 5.41) is 10.4. The lowest BCUT2D eigenvalue weighted by Gasteiger charge is -1.99. The summed E-state index contributed by atoms with van der Waals surface area (Å²) >= 11 is 10.5. The van der Waals surface area contributed by atoms with Crippen molar-refractivity contribution in [3.05, 3.63) is 38.3 Å². The van der Waals surface area contributed by atoms with Crippen LogP contribution in [0.4, 0.5) is 0 Å². The van der Waals surface area contributed by atoms with Gasteiger partial charge in [0, 0.05) is 10.0 Å². The molecule has 0 atom stereocenters. The molecule has 1 aromatic heterocycles. The van der Waals surface area contributed by atoms with Crippen molar-refractivity contribution in [1.82, 2.24) is 4.98 Å². The van der Waals surface area contributed by atoms with Crippen LogP contribution in [-0.2, 0) is 6.42 Å². The predicted molar refractivity (Wildman–Crippen MR) is 76.6 cm³/mol. The van der Waals surface area contributed by atoms with E-state index in [1.165, 1.54) is 11.3 Å². The van der Waals surface area contributed by atoms with Crippen molar-refractivity contribution >= 4 is 44.8 Å². The van der Waals surface area contributed by atoms with Crippen molar-refractivity contribution in [2.75, 3.05) is 0 Å². The number of carboxylic acids is 1. The molecule has 3 nitrogen and oxygen atoms in total. The van der Waals surface area contributed by atoms with E-state index >= 15 is 0 Å². The van der Waals surface area contributed by atoms with Crippen molar-refractivity contribution in [3.63, 3.8) is 0 Å². The maximum Gasteiger partial charge on any atom is 0.347 e. The van der Waals surface area contributed by atoms with E-state index in [1.54, 1.807) is 6.07 Å². The fourth-order valence-electron chi connectivity index (χ4n) is 1.51. The highest BCUT2D eigenvalue weighted by Crippen LogP contribution is 2.32. The maximum absolute atomic E-state index is 11.1. The monoisotopic (exact) mass is 345 g/mol. The molecule has 1 heterocycles. The maximum atomic E-state index is 11.1. The topological polar surface area (TPSA) is 50.2 Å². The number of carboxylic acid groups (broad SMARTS) is 1. The summed E-state index contributed by atoms with van der Waals surface area (Å²) in [7, 11) is 0. The third-order valence-electron chi connectivity index (χ3n) is 2.39. The summed E-state index contributed by atoms with van der Waals surface area (Å²) in [5.74, 6) is -0.932. The highest BCUT2D eigenvalue weighted by Gasteiger charge is 2.17. The molecular formula is C12H9BrClNO2S. The van der Waals surface area contributed by atoms with Crippen molar-refractivity contribution in [1.29, 1.82) is 0 Å². The number of halogens is 2. The highest BCUT2D eigenvalue weighted by atomic mass is 79.9. The lowest BCUT2D eigenvalue weighted by molar-refractivity contribution is 0.0701. The SMILES string of the molecule is CCc1nc(-c2ccc(Br)c(Cl)c2)sc1C(=O)O. The third kappa shape index (κ3) is 2.58. The zero-order valence-corrected chi connectivity index (χ0v) is 12.6. The molecule has 0 spiro atoms. The minimum absolute atomic E-state index is 0.298. The molecule has 0 aliphatic rings. The molecule has 1 aromatic carbocycles. The Bertz CT molecular complexity index is 612. The van der Waals surface area contributed by atoms with E-state index in [0.29, 0.717) is 27.0 Å². The summed E-state index contributed by atoms with van der Waals surface area (Å²) < 4.78 is 0.804. The van der Waals surface area contributed by atoms with Crippen molar-refractivity contribution in [3.8, 4) is 10.6 Å². The van der Waals surface area contributed by atoms with E-state index in [9.17, 15) is 4.79 Å². The first-order chi connectivity index (χ1) is 8.52. The standard InChI is InChI=1S/C12H9BrClNO2S/c1-2-9-10(12(16)17)18-11(15-9)6-3-4-7(13)8(14)5-6/h3-5H,2H2,1H3,(H,16,17). The summed E-state index contributed by atoms with van der Waals surface area (Å²) in [4.78, 5) is 15.7. The quantitative estimate of drug-likeness (QED) is 0.891. The first kappa shape index (κ1) is 13.5. The number of nitrogens with zero attached hydrogens (tertiary/aromatic N) is 1. The molecule has 2 aromatic rings. The minimum Gasteiger partial charge on any atom is -0.477 e. The number of carbonyl (C=O) groups is 1. The smallest absolute Gasteiger partial charge is 0.347 e. The number of hydrogen-bond acceptors (Lipinski definition) is 3. The molecule has 94 valence electrons. The Balaban J connectivity index is 2.50. The average molecular weight is 347 g/mol. The van der Waals surface area contributed by atoms with Crippen LogP contribution in [0.25, 0.3) is 10.6 Å². The first-order valence-corrected chi connectivity index (χ1v) is 7.20. The van der Waals surface area contributed by atoms with E-state index in [-0.39, 0.29) is 0 Å². The first-order valence-electron chi connectivity index (χ1n) is 5.21. The molecule has 2 rings (SSSR count). The molecule has 0 saturated carbocycles. The Morgan fingerprint density at radius 1 is 1.56 bits per heavy atom. The van der Waals surface area contributed by atoms with Crippen LogP contribution in [0.3, 0.4) is 0 Å². The van der Waals surface area contributed by atoms with E-state index < -0.39 is 5.97 Å². The molecule has 1 N–H and O–H groups in total. The Kier molecular flexibility index (Phi) is 4.04. The normalized spacial score (nSPS) is 10.6. The molecule has 0 fully saturated rings. The number of aromatic carboxylic acids is 1. The van der Waals surface area contributed by atoms with Crippen LogP contribution in [0.2, 0.25) is 5.02 Å². The lowest BCUT2D eigenvalue weighted by Crippen LogP contribution is -1.97. The number of hydrogen-bond donors (Lipinski definition) is 1. The van der Waals surface area contributed by atoms with Gasteiger partial charge >= 0.3 is 5.97 Å². The molecule has 0 aliphatic carbocycles. The predicted octanol–water partition coefficient (Wildman–Crippen LogP) is 4.49. The van der Waals surface area contributed by atoms with Crippen LogP contribution in [0.15, 0.2) is 22.7 Å². The molecule has 18 heavy (non-hydrogen) atoms. The van der Waals surface area contributed by atoms with Gasteiger partial charge in [-0.05, 0) is 34.5 Å². The Morgan fingerprint density at radius 3 is 2.78 bits per heavy atom. The van der Waals surface area contributed by atoms with Gasteiger partial charge in [0.2, 0.25) is 0 Å². The Morgan fingerprint density at radius 2 is 2.28 bits per heavy atom. The van der Waals surface area contributed by atoms with Gasteiger partial charge in [-0.1, -0.05) is 24.6 Å². The third-order valence-corrected chi connectivity index (χ3v) is 4.76. The Labute approximate surface area is 122 Å². The fourth-order valence-corrected chi connectivity index (χ4v) is 2.93. The zero-order valence-electron chi connectivity index (χ0n) is 9.41. The lowest BCUT2D eigenvalue weighted by atomic mass is 10.2. The van der Waals surface area contributed by atoms with Crippen LogP contribution in [0, 0.1) is 0 Å². The zero-order chi connectivity index (χ0) is 13.3. The van der Waals surface area contributed by atoms with E-state index in [4.69, 9.17) is 16.7 Å². The summed E-state index contributed by atoms with van der Waals surface area (Å²) in [6.45, 7) is 1.89. The van der Waals surface area contributed by atoms with Gasteiger partial charge in [0.1, 0.15) is 9.88 Å². The van der Waals surface area contributed by atoms with Crippen molar-refractivity contribution in [2.24, 2.45) is 0 Å². The molecule has 0 aliphatic heterocycles. The van der Waals surface area contributed by atoms with Gasteiger partial charge in [-0.15, -0.1) is 11.3 Å². The van der Waals surface area contributed by atoms with E-state index in [0.717, 1.165) is 10.0 Å². The van der Waals surface area contributed by atoms with Crippen LogP contribution < -0.4 is 0 Å². The number of benzene rings is 1. The van der Waals surface area contributed by atoms with Crippen LogP contribution in [0.5, 0.6) is 0 Å². The second-order valence-corrected chi connectivity index (χ2v) is 5.84. The van der Waals surface area contributed by atoms with Gasteiger partial charge in [-0.2, -0.15) is 0 Å². The largest absolute Gasteiger partial charge is 0.477 e. The molecule has 0 radical (unpaired) electrons. The van der Waals surface area contributed by atoms with Crippen LogP contribution >= 0.6 is 38.9 Å². The summed E-state index contributed by atoms with van der Waals surface area (Å²) in [5.41, 5.74) is 1.44. The van der Waals surface area contributed by atoms with Gasteiger partial charge in [0.25, 0.3) is 0 Å². The molecule has 0 amide bonds. The highest BCUT2D eigenvalue weighted by molar-refractivity contribution is 9.10. The van der Waals surface area contributed by atoms with E-state index in [2.05, 4.69) is 20.9 Å². The van der Waals surface area contributed by atoms with Crippen LogP contribution in [0.1, 0.15) is 22.3 Å². The minimum atomic E-state index is -0.932. The van der Waals surface area contributed by atoms with E-state index in [1.807, 2.05) is 19.1 Å². The van der Waals surface area contributed by atoms with Gasteiger partial charge in [0.05, 0.1) is 10.7 Å². The molecule has 0 bridgehead atoms. The number of thiazole rings is 1. The number of rotatable bonds is 3. The molecular weight excluding hydrogens is 338 g/mol. The summed E-state index contributed by atoms with van der Waals surface area (Å²) in [6.07, 6.45) is 0.600. The summed E-state index contributed by atoms with van der Waals surface area (Å²) in [6, 6.07) is 5.46.